The molecule has 0 heterocycles. The first kappa shape index (κ1) is 16.8. The summed E-state index contributed by atoms with van der Waals surface area (Å²) < 4.78 is 5.27. The van der Waals surface area contributed by atoms with Crippen molar-refractivity contribution in [2.75, 3.05) is 7.11 Å². The lowest BCUT2D eigenvalue weighted by Gasteiger charge is -2.20. The van der Waals surface area contributed by atoms with Crippen molar-refractivity contribution in [3.63, 3.8) is 0 Å². The van der Waals surface area contributed by atoms with Gasteiger partial charge in [0.15, 0.2) is 0 Å². The summed E-state index contributed by atoms with van der Waals surface area (Å²) in [5.41, 5.74) is 1.07. The van der Waals surface area contributed by atoms with E-state index < -0.39 is 0 Å². The number of fused-ring (bicyclic) bond motifs is 1. The van der Waals surface area contributed by atoms with Crippen LogP contribution in [0.1, 0.15) is 56.9 Å². The van der Waals surface area contributed by atoms with Crippen LogP contribution in [0.15, 0.2) is 36.4 Å². The van der Waals surface area contributed by atoms with E-state index in [-0.39, 0.29) is 11.8 Å². The molecule has 0 bridgehead atoms. The van der Waals surface area contributed by atoms with E-state index in [2.05, 4.69) is 23.5 Å². The Labute approximate surface area is 144 Å². The SMILES string of the molecule is COc1ccc2cc(C(C)C(=O)NC3CCCCCC3)ccc2c1. The maximum Gasteiger partial charge on any atom is 0.227 e. The molecule has 0 spiro atoms. The summed E-state index contributed by atoms with van der Waals surface area (Å²) in [6.45, 7) is 2.00. The van der Waals surface area contributed by atoms with Gasteiger partial charge in [-0.05, 0) is 48.2 Å². The quantitative estimate of drug-likeness (QED) is 0.821. The Morgan fingerprint density at radius 3 is 2.42 bits per heavy atom. The van der Waals surface area contributed by atoms with Gasteiger partial charge in [0.2, 0.25) is 5.91 Å². The molecule has 24 heavy (non-hydrogen) atoms. The molecule has 1 N–H and O–H groups in total. The van der Waals surface area contributed by atoms with Crippen molar-refractivity contribution in [1.82, 2.24) is 5.32 Å². The lowest BCUT2D eigenvalue weighted by atomic mass is 9.96. The fourth-order valence-corrected chi connectivity index (χ4v) is 3.54. The van der Waals surface area contributed by atoms with Crippen LogP contribution in [0.2, 0.25) is 0 Å². The molecule has 0 aromatic heterocycles. The molecule has 3 rings (SSSR count). The molecule has 2 aromatic rings. The highest BCUT2D eigenvalue weighted by atomic mass is 16.5. The van der Waals surface area contributed by atoms with Gasteiger partial charge >= 0.3 is 0 Å². The molecule has 1 amide bonds. The van der Waals surface area contributed by atoms with Crippen LogP contribution in [0.4, 0.5) is 0 Å². The predicted molar refractivity (Wildman–Crippen MR) is 98.5 cm³/mol. The molecule has 0 saturated heterocycles. The van der Waals surface area contributed by atoms with Crippen molar-refractivity contribution in [3.8, 4) is 5.75 Å². The second-order valence-electron chi connectivity index (χ2n) is 6.89. The average molecular weight is 325 g/mol. The van der Waals surface area contributed by atoms with E-state index in [1.54, 1.807) is 7.11 Å². The van der Waals surface area contributed by atoms with Crippen LogP contribution in [0.3, 0.4) is 0 Å². The van der Waals surface area contributed by atoms with E-state index in [4.69, 9.17) is 4.74 Å². The largest absolute Gasteiger partial charge is 0.497 e. The number of amides is 1. The lowest BCUT2D eigenvalue weighted by molar-refractivity contribution is -0.123. The number of carbonyl (C=O) groups is 1. The topological polar surface area (TPSA) is 38.3 Å². The number of benzene rings is 2. The Morgan fingerprint density at radius 1 is 1.04 bits per heavy atom. The maximum atomic E-state index is 12.6. The molecule has 1 saturated carbocycles. The third-order valence-corrected chi connectivity index (χ3v) is 5.17. The molecule has 3 heteroatoms. The van der Waals surface area contributed by atoms with Crippen molar-refractivity contribution in [2.24, 2.45) is 0 Å². The minimum Gasteiger partial charge on any atom is -0.497 e. The summed E-state index contributed by atoms with van der Waals surface area (Å²) in [4.78, 5) is 12.6. The van der Waals surface area contributed by atoms with E-state index in [9.17, 15) is 4.79 Å². The van der Waals surface area contributed by atoms with Gasteiger partial charge in [-0.25, -0.2) is 0 Å². The third-order valence-electron chi connectivity index (χ3n) is 5.17. The molecule has 1 fully saturated rings. The molecule has 3 nitrogen and oxygen atoms in total. The monoisotopic (exact) mass is 325 g/mol. The minimum absolute atomic E-state index is 0.125. The van der Waals surface area contributed by atoms with Crippen molar-refractivity contribution in [2.45, 2.75) is 57.4 Å². The van der Waals surface area contributed by atoms with E-state index >= 15 is 0 Å². The number of carbonyl (C=O) groups excluding carboxylic acids is 1. The molecule has 1 atom stereocenters. The summed E-state index contributed by atoms with van der Waals surface area (Å²) >= 11 is 0. The van der Waals surface area contributed by atoms with Gasteiger partial charge in [-0.3, -0.25) is 4.79 Å². The Balaban J connectivity index is 1.72. The smallest absolute Gasteiger partial charge is 0.227 e. The van der Waals surface area contributed by atoms with Crippen LogP contribution in [0.25, 0.3) is 10.8 Å². The summed E-state index contributed by atoms with van der Waals surface area (Å²) in [7, 11) is 1.68. The first-order valence-electron chi connectivity index (χ1n) is 9.05. The molecule has 2 aromatic carbocycles. The van der Waals surface area contributed by atoms with Crippen LogP contribution in [-0.4, -0.2) is 19.1 Å². The molecular formula is C21H27NO2. The molecule has 1 unspecified atom stereocenters. The van der Waals surface area contributed by atoms with E-state index in [1.165, 1.54) is 25.7 Å². The Bertz CT molecular complexity index is 702. The van der Waals surface area contributed by atoms with Gasteiger partial charge in [0.25, 0.3) is 0 Å². The fourth-order valence-electron chi connectivity index (χ4n) is 3.54. The standard InChI is InChI=1S/C21H27NO2/c1-15(21(23)22-19-7-5-3-4-6-8-19)16-9-10-18-14-20(24-2)12-11-17(18)13-16/h9-15,19H,3-8H2,1-2H3,(H,22,23). The first-order chi connectivity index (χ1) is 11.7. The third kappa shape index (κ3) is 3.89. The highest BCUT2D eigenvalue weighted by molar-refractivity contribution is 5.88. The van der Waals surface area contributed by atoms with E-state index in [0.717, 1.165) is 34.9 Å². The molecule has 0 aliphatic heterocycles. The molecule has 1 aliphatic carbocycles. The molecule has 0 radical (unpaired) electrons. The summed E-state index contributed by atoms with van der Waals surface area (Å²) in [6, 6.07) is 12.6. The van der Waals surface area contributed by atoms with Crippen LogP contribution in [0, 0.1) is 0 Å². The molecular weight excluding hydrogens is 298 g/mol. The van der Waals surface area contributed by atoms with Crippen molar-refractivity contribution >= 4 is 16.7 Å². The van der Waals surface area contributed by atoms with Crippen LogP contribution >= 0.6 is 0 Å². The average Bonchev–Trinajstić information content (AvgIpc) is 2.88. The van der Waals surface area contributed by atoms with Gasteiger partial charge in [0.1, 0.15) is 5.75 Å². The number of nitrogens with one attached hydrogen (secondary N) is 1. The second kappa shape index (κ2) is 7.69. The first-order valence-corrected chi connectivity index (χ1v) is 9.05. The zero-order valence-electron chi connectivity index (χ0n) is 14.7. The number of hydrogen-bond donors (Lipinski definition) is 1. The van der Waals surface area contributed by atoms with Gasteiger partial charge in [0.05, 0.1) is 13.0 Å². The van der Waals surface area contributed by atoms with E-state index in [0.29, 0.717) is 6.04 Å². The number of hydrogen-bond acceptors (Lipinski definition) is 2. The summed E-state index contributed by atoms with van der Waals surface area (Å²) in [6.07, 6.45) is 7.31. The normalized spacial score (nSPS) is 17.2. The van der Waals surface area contributed by atoms with Gasteiger partial charge in [-0.1, -0.05) is 49.9 Å². The fraction of sp³-hybridized carbons (Fsp3) is 0.476. The zero-order valence-corrected chi connectivity index (χ0v) is 14.7. The molecule has 128 valence electrons. The van der Waals surface area contributed by atoms with Gasteiger partial charge < -0.3 is 10.1 Å². The van der Waals surface area contributed by atoms with Crippen molar-refractivity contribution < 1.29 is 9.53 Å². The van der Waals surface area contributed by atoms with Gasteiger partial charge in [0, 0.05) is 6.04 Å². The zero-order chi connectivity index (χ0) is 16.9. The van der Waals surface area contributed by atoms with Crippen molar-refractivity contribution in [3.05, 3.63) is 42.0 Å². The minimum atomic E-state index is -0.125. The van der Waals surface area contributed by atoms with Gasteiger partial charge in [-0.2, -0.15) is 0 Å². The highest BCUT2D eigenvalue weighted by Crippen LogP contribution is 2.26. The van der Waals surface area contributed by atoms with E-state index in [1.807, 2.05) is 25.1 Å². The predicted octanol–water partition coefficient (Wildman–Crippen LogP) is 4.79. The Kier molecular flexibility index (Phi) is 5.39. The van der Waals surface area contributed by atoms with Crippen molar-refractivity contribution in [1.29, 1.82) is 0 Å². The van der Waals surface area contributed by atoms with Crippen LogP contribution in [0.5, 0.6) is 5.75 Å². The van der Waals surface area contributed by atoms with Crippen LogP contribution < -0.4 is 10.1 Å². The van der Waals surface area contributed by atoms with Crippen LogP contribution in [-0.2, 0) is 4.79 Å². The Hall–Kier alpha value is -2.03. The summed E-state index contributed by atoms with van der Waals surface area (Å²) in [5.74, 6) is 0.879. The number of rotatable bonds is 4. The summed E-state index contributed by atoms with van der Waals surface area (Å²) in [5, 5.41) is 5.54. The maximum absolute atomic E-state index is 12.6. The number of methoxy groups -OCH3 is 1. The highest BCUT2D eigenvalue weighted by Gasteiger charge is 2.20. The van der Waals surface area contributed by atoms with Gasteiger partial charge in [-0.15, -0.1) is 0 Å². The molecule has 1 aliphatic rings. The number of ether oxygens (including phenoxy) is 1. The Morgan fingerprint density at radius 2 is 1.71 bits per heavy atom. The second-order valence-corrected chi connectivity index (χ2v) is 6.89. The lowest BCUT2D eigenvalue weighted by Crippen LogP contribution is -2.37.